The molecule has 0 saturated heterocycles. The van der Waals surface area contributed by atoms with E-state index in [4.69, 9.17) is 0 Å². The molecule has 2 heteroatoms. The van der Waals surface area contributed by atoms with Crippen LogP contribution < -0.4 is 0 Å². The van der Waals surface area contributed by atoms with E-state index in [0.717, 1.165) is 12.3 Å². The van der Waals surface area contributed by atoms with E-state index in [0.29, 0.717) is 11.3 Å². The quantitative estimate of drug-likeness (QED) is 0.742. The standard InChI is InChI=1S/C23H32O2/c1-21(2,25)20(24)19-11-10-17-16-9-8-15-7-5-6-13-22(15,3)18(16)12-14-23(17,19)4/h15,18-19,25H,5-9,12-14H2,1-4H3/t15?,18-,19+,22-,23-/m0/s1. The first-order chi connectivity index (χ1) is 11.7. The summed E-state index contributed by atoms with van der Waals surface area (Å²) in [6.45, 7) is 7.95. The third-order valence-electron chi connectivity index (χ3n) is 8.12. The SMILES string of the molecule is CC(C)(O)C(=O)[C@H]1C#CC2=C3CCC4CCCC[C@]4(C)[C@H]3CC[C@@]21C. The lowest BCUT2D eigenvalue weighted by Crippen LogP contribution is -2.48. The van der Waals surface area contributed by atoms with Gasteiger partial charge in [0.15, 0.2) is 5.78 Å². The molecule has 4 aliphatic rings. The normalized spacial score (nSPS) is 42.8. The zero-order chi connectivity index (χ0) is 18.0. The van der Waals surface area contributed by atoms with Crippen molar-refractivity contribution in [2.75, 3.05) is 0 Å². The van der Waals surface area contributed by atoms with Crippen molar-refractivity contribution in [3.63, 3.8) is 0 Å². The summed E-state index contributed by atoms with van der Waals surface area (Å²) in [4.78, 5) is 12.8. The van der Waals surface area contributed by atoms with E-state index in [1.54, 1.807) is 19.4 Å². The second kappa shape index (κ2) is 5.46. The molecule has 0 heterocycles. The number of carbonyl (C=O) groups is 1. The van der Waals surface area contributed by atoms with Gasteiger partial charge in [-0.1, -0.05) is 44.1 Å². The molecule has 4 aliphatic carbocycles. The summed E-state index contributed by atoms with van der Waals surface area (Å²) in [5.74, 6) is 7.76. The van der Waals surface area contributed by atoms with E-state index in [-0.39, 0.29) is 17.1 Å². The third kappa shape index (κ3) is 2.38. The summed E-state index contributed by atoms with van der Waals surface area (Å²) in [7, 11) is 0. The molecule has 1 unspecified atom stereocenters. The first kappa shape index (κ1) is 17.3. The summed E-state index contributed by atoms with van der Waals surface area (Å²) >= 11 is 0. The lowest BCUT2D eigenvalue weighted by atomic mass is 9.49. The maximum absolute atomic E-state index is 12.8. The number of carbonyl (C=O) groups excluding carboxylic acids is 1. The monoisotopic (exact) mass is 340 g/mol. The molecule has 0 aliphatic heterocycles. The Bertz CT molecular complexity index is 698. The highest BCUT2D eigenvalue weighted by Crippen LogP contribution is 2.62. The highest BCUT2D eigenvalue weighted by atomic mass is 16.3. The van der Waals surface area contributed by atoms with E-state index in [9.17, 15) is 9.90 Å². The van der Waals surface area contributed by atoms with Crippen molar-refractivity contribution in [3.05, 3.63) is 11.1 Å². The number of allylic oxidation sites excluding steroid dienone is 2. The molecule has 25 heavy (non-hydrogen) atoms. The first-order valence-corrected chi connectivity index (χ1v) is 10.2. The summed E-state index contributed by atoms with van der Waals surface area (Å²) in [6.07, 6.45) is 10.2. The highest BCUT2D eigenvalue weighted by molar-refractivity contribution is 5.93. The topological polar surface area (TPSA) is 37.3 Å². The van der Waals surface area contributed by atoms with Crippen molar-refractivity contribution < 1.29 is 9.90 Å². The van der Waals surface area contributed by atoms with E-state index in [2.05, 4.69) is 25.7 Å². The van der Waals surface area contributed by atoms with Crippen LogP contribution in [-0.4, -0.2) is 16.5 Å². The predicted molar refractivity (Wildman–Crippen MR) is 99.7 cm³/mol. The van der Waals surface area contributed by atoms with E-state index < -0.39 is 5.60 Å². The molecule has 0 aromatic rings. The van der Waals surface area contributed by atoms with Gasteiger partial charge in [-0.05, 0) is 69.6 Å². The molecule has 2 saturated carbocycles. The van der Waals surface area contributed by atoms with Crippen LogP contribution in [-0.2, 0) is 4.79 Å². The smallest absolute Gasteiger partial charge is 0.179 e. The highest BCUT2D eigenvalue weighted by Gasteiger charge is 2.55. The minimum atomic E-state index is -1.30. The second-order valence-electron chi connectivity index (χ2n) is 10.0. The van der Waals surface area contributed by atoms with Crippen LogP contribution in [0.2, 0.25) is 0 Å². The van der Waals surface area contributed by atoms with Crippen LogP contribution in [0.25, 0.3) is 0 Å². The lowest BCUT2D eigenvalue weighted by Gasteiger charge is -2.55. The molecule has 136 valence electrons. The Morgan fingerprint density at radius 2 is 1.92 bits per heavy atom. The number of hydrogen-bond donors (Lipinski definition) is 1. The zero-order valence-electron chi connectivity index (χ0n) is 16.2. The van der Waals surface area contributed by atoms with Gasteiger partial charge in [0.05, 0.1) is 5.92 Å². The number of fused-ring (bicyclic) bond motifs is 4. The van der Waals surface area contributed by atoms with Gasteiger partial charge in [0, 0.05) is 11.0 Å². The number of Topliss-reactive ketones (excluding diaryl/α,β-unsaturated/α-hetero) is 1. The van der Waals surface area contributed by atoms with Crippen LogP contribution in [0.4, 0.5) is 0 Å². The molecule has 2 nitrogen and oxygen atoms in total. The molecule has 1 N–H and O–H groups in total. The van der Waals surface area contributed by atoms with Crippen molar-refractivity contribution in [2.45, 2.75) is 84.7 Å². The molecule has 0 aromatic heterocycles. The van der Waals surface area contributed by atoms with Crippen LogP contribution in [0.5, 0.6) is 0 Å². The summed E-state index contributed by atoms with van der Waals surface area (Å²) in [6, 6.07) is 0. The number of ketones is 1. The fraction of sp³-hybridized carbons (Fsp3) is 0.783. The van der Waals surface area contributed by atoms with Gasteiger partial charge in [0.1, 0.15) is 5.60 Å². The number of aliphatic hydroxyl groups is 1. The molecule has 0 amide bonds. The Kier molecular flexibility index (Phi) is 3.79. The van der Waals surface area contributed by atoms with Crippen molar-refractivity contribution in [1.82, 2.24) is 0 Å². The fourth-order valence-corrected chi connectivity index (χ4v) is 6.53. The minimum absolute atomic E-state index is 0.103. The Labute approximate surface area is 152 Å². The van der Waals surface area contributed by atoms with Gasteiger partial charge in [-0.2, -0.15) is 0 Å². The molecule has 5 atom stereocenters. The summed E-state index contributed by atoms with van der Waals surface area (Å²) in [5.41, 5.74) is 1.79. The van der Waals surface area contributed by atoms with Crippen LogP contribution in [0.15, 0.2) is 11.1 Å². The van der Waals surface area contributed by atoms with E-state index in [1.165, 1.54) is 50.5 Å². The minimum Gasteiger partial charge on any atom is -0.383 e. The molecule has 0 bridgehead atoms. The third-order valence-corrected chi connectivity index (χ3v) is 8.12. The molecule has 4 rings (SSSR count). The molecule has 2 fully saturated rings. The van der Waals surface area contributed by atoms with E-state index >= 15 is 0 Å². The van der Waals surface area contributed by atoms with Gasteiger partial charge in [-0.15, -0.1) is 0 Å². The van der Waals surface area contributed by atoms with Gasteiger partial charge in [-0.25, -0.2) is 0 Å². The first-order valence-electron chi connectivity index (χ1n) is 10.2. The summed E-state index contributed by atoms with van der Waals surface area (Å²) in [5, 5.41) is 10.2. The Morgan fingerprint density at radius 3 is 2.64 bits per heavy atom. The zero-order valence-corrected chi connectivity index (χ0v) is 16.2. The van der Waals surface area contributed by atoms with Gasteiger partial charge in [0.2, 0.25) is 0 Å². The maximum atomic E-state index is 12.8. The van der Waals surface area contributed by atoms with Crippen LogP contribution in [0, 0.1) is 40.4 Å². The van der Waals surface area contributed by atoms with E-state index in [1.807, 2.05) is 0 Å². The fourth-order valence-electron chi connectivity index (χ4n) is 6.53. The second-order valence-corrected chi connectivity index (χ2v) is 10.0. The largest absolute Gasteiger partial charge is 0.383 e. The van der Waals surface area contributed by atoms with Gasteiger partial charge in [-0.3, -0.25) is 4.79 Å². The van der Waals surface area contributed by atoms with Crippen LogP contribution in [0.1, 0.15) is 79.1 Å². The summed E-state index contributed by atoms with van der Waals surface area (Å²) < 4.78 is 0. The molecule has 0 spiro atoms. The number of rotatable bonds is 2. The molecular weight excluding hydrogens is 308 g/mol. The molecule has 0 aromatic carbocycles. The molecular formula is C23H32O2. The Hall–Kier alpha value is -1.07. The van der Waals surface area contributed by atoms with Crippen molar-refractivity contribution in [2.24, 2.45) is 28.6 Å². The van der Waals surface area contributed by atoms with Crippen LogP contribution >= 0.6 is 0 Å². The average Bonchev–Trinajstić information content (AvgIpc) is 2.89. The van der Waals surface area contributed by atoms with Crippen LogP contribution in [0.3, 0.4) is 0 Å². The number of hydrogen-bond acceptors (Lipinski definition) is 2. The van der Waals surface area contributed by atoms with Crippen molar-refractivity contribution >= 4 is 5.78 Å². The molecule has 0 radical (unpaired) electrons. The van der Waals surface area contributed by atoms with Crippen molar-refractivity contribution in [3.8, 4) is 11.8 Å². The Balaban J connectivity index is 1.72. The lowest BCUT2D eigenvalue weighted by molar-refractivity contribution is -0.139. The maximum Gasteiger partial charge on any atom is 0.179 e. The van der Waals surface area contributed by atoms with Gasteiger partial charge < -0.3 is 5.11 Å². The van der Waals surface area contributed by atoms with Gasteiger partial charge >= 0.3 is 0 Å². The Morgan fingerprint density at radius 1 is 1.16 bits per heavy atom. The predicted octanol–water partition coefficient (Wildman–Crippen LogP) is 4.66. The van der Waals surface area contributed by atoms with Crippen molar-refractivity contribution in [1.29, 1.82) is 0 Å². The van der Waals surface area contributed by atoms with Gasteiger partial charge in [0.25, 0.3) is 0 Å². The average molecular weight is 341 g/mol.